The van der Waals surface area contributed by atoms with E-state index in [0.29, 0.717) is 23.4 Å². The molecule has 0 unspecified atom stereocenters. The zero-order chi connectivity index (χ0) is 21.3. The second-order valence-corrected chi connectivity index (χ2v) is 8.92. The smallest absolute Gasteiger partial charge is 0.287 e. The number of likely N-dealkylation sites (tertiary alicyclic amines) is 1. The molecular weight excluding hydrogens is 448 g/mol. The molecule has 7 heteroatoms. The molecule has 0 aliphatic carbocycles. The van der Waals surface area contributed by atoms with Gasteiger partial charge in [0.05, 0.1) is 11.4 Å². The minimum absolute atomic E-state index is 0.0106. The SMILES string of the molecule is Cc1ccc([C@@H](CNC(=O)c2cc(=O)c3cc(Br)ccc3o2)N2CCC(C)CC2)o1. The Balaban J connectivity index is 1.53. The summed E-state index contributed by atoms with van der Waals surface area (Å²) in [5, 5.41) is 3.37. The first-order valence-corrected chi connectivity index (χ1v) is 11.0. The third-order valence-corrected chi connectivity index (χ3v) is 6.21. The van der Waals surface area contributed by atoms with E-state index in [1.54, 1.807) is 18.2 Å². The first-order valence-electron chi connectivity index (χ1n) is 10.2. The molecule has 1 fully saturated rings. The topological polar surface area (TPSA) is 75.7 Å². The first kappa shape index (κ1) is 20.9. The molecule has 1 atom stereocenters. The maximum atomic E-state index is 12.8. The van der Waals surface area contributed by atoms with E-state index >= 15 is 0 Å². The van der Waals surface area contributed by atoms with Crippen molar-refractivity contribution < 1.29 is 13.6 Å². The van der Waals surface area contributed by atoms with Crippen LogP contribution in [-0.2, 0) is 0 Å². The van der Waals surface area contributed by atoms with Gasteiger partial charge in [-0.1, -0.05) is 22.9 Å². The van der Waals surface area contributed by atoms with Crippen LogP contribution in [-0.4, -0.2) is 30.4 Å². The molecule has 3 heterocycles. The van der Waals surface area contributed by atoms with Crippen molar-refractivity contribution in [1.29, 1.82) is 0 Å². The zero-order valence-electron chi connectivity index (χ0n) is 17.1. The van der Waals surface area contributed by atoms with Crippen LogP contribution in [0.2, 0.25) is 0 Å². The van der Waals surface area contributed by atoms with E-state index in [2.05, 4.69) is 33.1 Å². The highest BCUT2D eigenvalue weighted by Gasteiger charge is 2.27. The van der Waals surface area contributed by atoms with Gasteiger partial charge >= 0.3 is 0 Å². The van der Waals surface area contributed by atoms with E-state index < -0.39 is 5.91 Å². The van der Waals surface area contributed by atoms with Crippen LogP contribution in [0, 0.1) is 12.8 Å². The fourth-order valence-corrected chi connectivity index (χ4v) is 4.26. The molecule has 1 aliphatic rings. The normalized spacial score (nSPS) is 16.6. The Hall–Kier alpha value is -2.38. The highest BCUT2D eigenvalue weighted by Crippen LogP contribution is 2.28. The van der Waals surface area contributed by atoms with Gasteiger partial charge in [-0.25, -0.2) is 0 Å². The number of carbonyl (C=O) groups excluding carboxylic acids is 1. The average molecular weight is 473 g/mol. The first-order chi connectivity index (χ1) is 14.4. The number of rotatable bonds is 5. The third-order valence-electron chi connectivity index (χ3n) is 5.72. The summed E-state index contributed by atoms with van der Waals surface area (Å²) < 4.78 is 12.4. The number of furan rings is 1. The van der Waals surface area contributed by atoms with Crippen molar-refractivity contribution in [1.82, 2.24) is 10.2 Å². The van der Waals surface area contributed by atoms with Gasteiger partial charge in [0.25, 0.3) is 5.91 Å². The number of fused-ring (bicyclic) bond motifs is 1. The van der Waals surface area contributed by atoms with Crippen molar-refractivity contribution in [2.45, 2.75) is 32.7 Å². The highest BCUT2D eigenvalue weighted by atomic mass is 79.9. The maximum Gasteiger partial charge on any atom is 0.287 e. The van der Waals surface area contributed by atoms with Crippen LogP contribution in [0.1, 0.15) is 47.9 Å². The third kappa shape index (κ3) is 4.52. The lowest BCUT2D eigenvalue weighted by Crippen LogP contribution is -2.41. The number of piperidine rings is 1. The van der Waals surface area contributed by atoms with E-state index in [0.717, 1.165) is 41.9 Å². The molecule has 30 heavy (non-hydrogen) atoms. The number of nitrogens with one attached hydrogen (secondary N) is 1. The Bertz CT molecular complexity index is 1110. The van der Waals surface area contributed by atoms with Crippen LogP contribution in [0.4, 0.5) is 0 Å². The minimum atomic E-state index is -0.407. The summed E-state index contributed by atoms with van der Waals surface area (Å²) in [6.07, 6.45) is 2.25. The Labute approximate surface area is 183 Å². The van der Waals surface area contributed by atoms with Crippen LogP contribution < -0.4 is 10.7 Å². The molecule has 4 rings (SSSR count). The van der Waals surface area contributed by atoms with Crippen molar-refractivity contribution in [3.8, 4) is 0 Å². The molecule has 2 aromatic heterocycles. The summed E-state index contributed by atoms with van der Waals surface area (Å²) in [5.41, 5.74) is 0.144. The molecule has 1 aromatic carbocycles. The fourth-order valence-electron chi connectivity index (χ4n) is 3.90. The van der Waals surface area contributed by atoms with Gasteiger partial charge in [-0.3, -0.25) is 14.5 Å². The summed E-state index contributed by atoms with van der Waals surface area (Å²) in [7, 11) is 0. The number of hydrogen-bond donors (Lipinski definition) is 1. The second kappa shape index (κ2) is 8.78. The maximum absolute atomic E-state index is 12.8. The number of hydrogen-bond acceptors (Lipinski definition) is 5. The second-order valence-electron chi connectivity index (χ2n) is 8.01. The van der Waals surface area contributed by atoms with Gasteiger partial charge in [0, 0.05) is 17.1 Å². The summed E-state index contributed by atoms with van der Waals surface area (Å²) in [5.74, 6) is 2.00. The molecule has 0 saturated carbocycles. The molecule has 6 nitrogen and oxygen atoms in total. The van der Waals surface area contributed by atoms with Gasteiger partial charge in [0.1, 0.15) is 17.1 Å². The highest BCUT2D eigenvalue weighted by molar-refractivity contribution is 9.10. The molecule has 0 spiro atoms. The molecule has 0 bridgehead atoms. The summed E-state index contributed by atoms with van der Waals surface area (Å²) >= 11 is 3.35. The predicted molar refractivity (Wildman–Crippen MR) is 119 cm³/mol. The lowest BCUT2D eigenvalue weighted by atomic mass is 9.97. The van der Waals surface area contributed by atoms with Crippen molar-refractivity contribution in [2.75, 3.05) is 19.6 Å². The number of amides is 1. The van der Waals surface area contributed by atoms with Gasteiger partial charge in [-0.15, -0.1) is 0 Å². The summed E-state index contributed by atoms with van der Waals surface area (Å²) in [6, 6.07) is 10.3. The lowest BCUT2D eigenvalue weighted by Gasteiger charge is -2.35. The predicted octanol–water partition coefficient (Wildman–Crippen LogP) is 4.66. The number of aryl methyl sites for hydroxylation is 1. The Morgan fingerprint density at radius 3 is 2.67 bits per heavy atom. The van der Waals surface area contributed by atoms with Gasteiger partial charge in [0.2, 0.25) is 0 Å². The van der Waals surface area contributed by atoms with Gasteiger partial charge in [-0.2, -0.15) is 0 Å². The number of nitrogens with zero attached hydrogens (tertiary/aromatic N) is 1. The fraction of sp³-hybridized carbons (Fsp3) is 0.391. The summed E-state index contributed by atoms with van der Waals surface area (Å²) in [4.78, 5) is 27.5. The molecule has 1 saturated heterocycles. The van der Waals surface area contributed by atoms with Crippen molar-refractivity contribution in [2.24, 2.45) is 5.92 Å². The van der Waals surface area contributed by atoms with Crippen LogP contribution in [0.15, 0.2) is 54.5 Å². The molecule has 158 valence electrons. The number of benzene rings is 1. The van der Waals surface area contributed by atoms with Crippen LogP contribution >= 0.6 is 15.9 Å². The Kier molecular flexibility index (Phi) is 6.11. The van der Waals surface area contributed by atoms with Crippen LogP contribution in [0.3, 0.4) is 0 Å². The van der Waals surface area contributed by atoms with Gasteiger partial charge < -0.3 is 14.2 Å². The van der Waals surface area contributed by atoms with E-state index in [-0.39, 0.29) is 17.2 Å². The van der Waals surface area contributed by atoms with E-state index in [9.17, 15) is 9.59 Å². The van der Waals surface area contributed by atoms with Crippen LogP contribution in [0.5, 0.6) is 0 Å². The van der Waals surface area contributed by atoms with Crippen molar-refractivity contribution in [3.63, 3.8) is 0 Å². The molecule has 1 aliphatic heterocycles. The van der Waals surface area contributed by atoms with Gasteiger partial charge in [0.15, 0.2) is 11.2 Å². The molecule has 3 aromatic rings. The monoisotopic (exact) mass is 472 g/mol. The lowest BCUT2D eigenvalue weighted by molar-refractivity contribution is 0.0870. The standard InChI is InChI=1S/C23H25BrN2O4/c1-14-7-9-26(10-8-14)18(21-5-3-15(2)29-21)13-25-23(28)22-12-19(27)17-11-16(24)4-6-20(17)30-22/h3-6,11-12,14,18H,7-10,13H2,1-2H3,(H,25,28)/t18-/m1/s1. The Morgan fingerprint density at radius 1 is 1.20 bits per heavy atom. The average Bonchev–Trinajstić information content (AvgIpc) is 3.15. The Morgan fingerprint density at radius 2 is 1.97 bits per heavy atom. The molecule has 1 amide bonds. The largest absolute Gasteiger partial charge is 0.465 e. The van der Waals surface area contributed by atoms with Gasteiger partial charge in [-0.05, 0) is 69.1 Å². The van der Waals surface area contributed by atoms with E-state index in [4.69, 9.17) is 8.83 Å². The number of carbonyl (C=O) groups is 1. The number of halogens is 1. The molecule has 1 N–H and O–H groups in total. The van der Waals surface area contributed by atoms with E-state index in [1.807, 2.05) is 19.1 Å². The minimum Gasteiger partial charge on any atom is -0.465 e. The summed E-state index contributed by atoms with van der Waals surface area (Å²) in [6.45, 7) is 6.48. The quantitative estimate of drug-likeness (QED) is 0.584. The zero-order valence-corrected chi connectivity index (χ0v) is 18.7. The van der Waals surface area contributed by atoms with Crippen LogP contribution in [0.25, 0.3) is 11.0 Å². The van der Waals surface area contributed by atoms with E-state index in [1.165, 1.54) is 6.07 Å². The molecule has 0 radical (unpaired) electrons. The van der Waals surface area contributed by atoms with Crippen molar-refractivity contribution >= 4 is 32.8 Å². The molecular formula is C23H25BrN2O4. The van der Waals surface area contributed by atoms with Crippen molar-refractivity contribution in [3.05, 3.63) is 68.4 Å².